The van der Waals surface area contributed by atoms with Crippen LogP contribution in [0.3, 0.4) is 0 Å². The zero-order chi connectivity index (χ0) is 11.0. The maximum atomic E-state index is 10.7. The molecule has 6 heteroatoms. The number of carboxylic acid groups (broad SMARTS) is 1. The second-order valence-corrected chi connectivity index (χ2v) is 3.19. The van der Waals surface area contributed by atoms with E-state index in [9.17, 15) is 9.59 Å². The van der Waals surface area contributed by atoms with Crippen LogP contribution in [0.1, 0.15) is 19.3 Å². The second-order valence-electron chi connectivity index (χ2n) is 2.92. The fourth-order valence-corrected chi connectivity index (χ4v) is 0.982. The summed E-state index contributed by atoms with van der Waals surface area (Å²) in [6, 6.07) is -0.807. The van der Waals surface area contributed by atoms with Gasteiger partial charge in [0.2, 0.25) is 5.91 Å². The number of amides is 1. The highest BCUT2D eigenvalue weighted by molar-refractivity contribution is 6.27. The Kier molecular flexibility index (Phi) is 7.14. The monoisotopic (exact) mass is 222 g/mol. The van der Waals surface area contributed by atoms with Gasteiger partial charge >= 0.3 is 5.97 Å². The topological polar surface area (TPSA) is 92.4 Å². The van der Waals surface area contributed by atoms with E-state index in [2.05, 4.69) is 5.32 Å². The van der Waals surface area contributed by atoms with Crippen molar-refractivity contribution >= 4 is 23.5 Å². The number of carbonyl (C=O) groups excluding carboxylic acids is 1. The minimum atomic E-state index is -0.991. The normalized spacial score (nSPS) is 12.1. The zero-order valence-corrected chi connectivity index (χ0v) is 8.59. The highest BCUT2D eigenvalue weighted by atomic mass is 35.5. The standard InChI is InChI=1S/C8H15ClN2O3/c9-5-7(12)11-4-2-1-3-6(10)8(13)14/h6H,1-5,10H2,(H,11,12)(H,13,14)/t6-/m0/s1. The Balaban J connectivity index is 3.30. The lowest BCUT2D eigenvalue weighted by Gasteiger charge is -2.06. The van der Waals surface area contributed by atoms with Gasteiger partial charge in [-0.2, -0.15) is 0 Å². The summed E-state index contributed by atoms with van der Waals surface area (Å²) in [6.45, 7) is 0.512. The van der Waals surface area contributed by atoms with E-state index in [1.54, 1.807) is 0 Å². The highest BCUT2D eigenvalue weighted by Gasteiger charge is 2.09. The van der Waals surface area contributed by atoms with Crippen LogP contribution in [-0.4, -0.2) is 35.4 Å². The number of nitrogens with one attached hydrogen (secondary N) is 1. The van der Waals surface area contributed by atoms with Crippen molar-refractivity contribution < 1.29 is 14.7 Å². The predicted octanol–water partition coefficient (Wildman–Crippen LogP) is -0.0764. The first-order valence-corrected chi connectivity index (χ1v) is 4.92. The fourth-order valence-electron chi connectivity index (χ4n) is 0.888. The van der Waals surface area contributed by atoms with Gasteiger partial charge in [0.15, 0.2) is 0 Å². The van der Waals surface area contributed by atoms with Crippen molar-refractivity contribution in [3.05, 3.63) is 0 Å². The van der Waals surface area contributed by atoms with Crippen LogP contribution in [0.2, 0.25) is 0 Å². The Morgan fingerprint density at radius 3 is 2.57 bits per heavy atom. The zero-order valence-electron chi connectivity index (χ0n) is 7.83. The molecule has 0 saturated carbocycles. The lowest BCUT2D eigenvalue weighted by Crippen LogP contribution is -2.30. The van der Waals surface area contributed by atoms with Crippen molar-refractivity contribution in [1.82, 2.24) is 5.32 Å². The molecule has 82 valence electrons. The SMILES string of the molecule is N[C@@H](CCCCNC(=O)CCl)C(=O)O. The molecular weight excluding hydrogens is 208 g/mol. The van der Waals surface area contributed by atoms with Crippen LogP contribution in [0.4, 0.5) is 0 Å². The number of carbonyl (C=O) groups is 2. The Morgan fingerprint density at radius 1 is 1.43 bits per heavy atom. The summed E-state index contributed by atoms with van der Waals surface area (Å²) < 4.78 is 0. The maximum absolute atomic E-state index is 10.7. The maximum Gasteiger partial charge on any atom is 0.320 e. The predicted molar refractivity (Wildman–Crippen MR) is 53.2 cm³/mol. The number of alkyl halides is 1. The molecule has 0 spiro atoms. The molecule has 1 amide bonds. The van der Waals surface area contributed by atoms with Crippen LogP contribution in [0.5, 0.6) is 0 Å². The lowest BCUT2D eigenvalue weighted by atomic mass is 10.1. The molecule has 0 bridgehead atoms. The van der Waals surface area contributed by atoms with Crippen LogP contribution in [-0.2, 0) is 9.59 Å². The van der Waals surface area contributed by atoms with Crippen molar-refractivity contribution in [3.8, 4) is 0 Å². The first-order valence-electron chi connectivity index (χ1n) is 4.39. The third-order valence-electron chi connectivity index (χ3n) is 1.70. The first kappa shape index (κ1) is 13.2. The molecule has 14 heavy (non-hydrogen) atoms. The van der Waals surface area contributed by atoms with Gasteiger partial charge in [0.05, 0.1) is 0 Å². The molecule has 0 heterocycles. The van der Waals surface area contributed by atoms with E-state index in [0.29, 0.717) is 25.8 Å². The molecule has 0 aliphatic heterocycles. The molecule has 5 nitrogen and oxygen atoms in total. The third-order valence-corrected chi connectivity index (χ3v) is 1.95. The number of unbranched alkanes of at least 4 members (excludes halogenated alkanes) is 1. The van der Waals surface area contributed by atoms with Crippen molar-refractivity contribution in [2.75, 3.05) is 12.4 Å². The van der Waals surface area contributed by atoms with E-state index in [-0.39, 0.29) is 11.8 Å². The van der Waals surface area contributed by atoms with Crippen LogP contribution in [0.25, 0.3) is 0 Å². The molecule has 0 aromatic carbocycles. The Bertz CT molecular complexity index is 199. The summed E-state index contributed by atoms with van der Waals surface area (Å²) in [6.07, 6.45) is 1.81. The molecule has 0 aliphatic rings. The van der Waals surface area contributed by atoms with Gasteiger partial charge in [-0.05, 0) is 19.3 Å². The average Bonchev–Trinajstić information content (AvgIpc) is 2.16. The number of hydrogen-bond acceptors (Lipinski definition) is 3. The smallest absolute Gasteiger partial charge is 0.320 e. The molecule has 1 atom stereocenters. The molecular formula is C8H15ClN2O3. The van der Waals surface area contributed by atoms with E-state index in [1.165, 1.54) is 0 Å². The minimum Gasteiger partial charge on any atom is -0.480 e. The van der Waals surface area contributed by atoms with Gasteiger partial charge in [-0.1, -0.05) is 0 Å². The van der Waals surface area contributed by atoms with Crippen LogP contribution in [0.15, 0.2) is 0 Å². The van der Waals surface area contributed by atoms with Crippen molar-refractivity contribution in [1.29, 1.82) is 0 Å². The summed E-state index contributed by atoms with van der Waals surface area (Å²) in [5.41, 5.74) is 5.28. The van der Waals surface area contributed by atoms with Gasteiger partial charge in [0.25, 0.3) is 0 Å². The van der Waals surface area contributed by atoms with Gasteiger partial charge in [-0.25, -0.2) is 0 Å². The molecule has 0 rings (SSSR count). The average molecular weight is 223 g/mol. The summed E-state index contributed by atoms with van der Waals surface area (Å²) in [5, 5.41) is 11.0. The third kappa shape index (κ3) is 6.68. The summed E-state index contributed by atoms with van der Waals surface area (Å²) in [5.74, 6) is -1.25. The van der Waals surface area contributed by atoms with Gasteiger partial charge in [0.1, 0.15) is 11.9 Å². The summed E-state index contributed by atoms with van der Waals surface area (Å²) >= 11 is 5.25. The van der Waals surface area contributed by atoms with Crippen molar-refractivity contribution in [3.63, 3.8) is 0 Å². The second kappa shape index (κ2) is 7.58. The van der Waals surface area contributed by atoms with Crippen LogP contribution >= 0.6 is 11.6 Å². The van der Waals surface area contributed by atoms with Gasteiger partial charge < -0.3 is 16.2 Å². The van der Waals surface area contributed by atoms with Gasteiger partial charge in [0, 0.05) is 6.54 Å². The van der Waals surface area contributed by atoms with Gasteiger partial charge in [-0.15, -0.1) is 11.6 Å². The molecule has 0 aromatic rings. The van der Waals surface area contributed by atoms with Crippen LogP contribution < -0.4 is 11.1 Å². The largest absolute Gasteiger partial charge is 0.480 e. The van der Waals surface area contributed by atoms with E-state index in [0.717, 1.165) is 0 Å². The van der Waals surface area contributed by atoms with Gasteiger partial charge in [-0.3, -0.25) is 9.59 Å². The molecule has 0 saturated heterocycles. The Morgan fingerprint density at radius 2 is 2.07 bits per heavy atom. The summed E-state index contributed by atoms with van der Waals surface area (Å²) in [7, 11) is 0. The molecule has 0 fully saturated rings. The quantitative estimate of drug-likeness (QED) is 0.415. The molecule has 0 aliphatic carbocycles. The van der Waals surface area contributed by atoms with E-state index in [4.69, 9.17) is 22.4 Å². The number of aliphatic carboxylic acids is 1. The van der Waals surface area contributed by atoms with Crippen molar-refractivity contribution in [2.24, 2.45) is 5.73 Å². The van der Waals surface area contributed by atoms with E-state index in [1.807, 2.05) is 0 Å². The number of hydrogen-bond donors (Lipinski definition) is 3. The molecule has 0 unspecified atom stereocenters. The highest BCUT2D eigenvalue weighted by Crippen LogP contribution is 1.98. The molecule has 4 N–H and O–H groups in total. The van der Waals surface area contributed by atoms with E-state index >= 15 is 0 Å². The number of rotatable bonds is 7. The first-order chi connectivity index (χ1) is 6.57. The van der Waals surface area contributed by atoms with E-state index < -0.39 is 12.0 Å². The Labute approximate surface area is 87.6 Å². The number of halogens is 1. The fraction of sp³-hybridized carbons (Fsp3) is 0.750. The lowest BCUT2D eigenvalue weighted by molar-refractivity contribution is -0.138. The number of nitrogens with two attached hydrogens (primary N) is 1. The van der Waals surface area contributed by atoms with Crippen LogP contribution in [0, 0.1) is 0 Å². The summed E-state index contributed by atoms with van der Waals surface area (Å²) in [4.78, 5) is 21.0. The minimum absolute atomic E-state index is 0.0470. The number of carboxylic acids is 1. The Hall–Kier alpha value is -0.810. The molecule has 0 aromatic heterocycles. The van der Waals surface area contributed by atoms with Crippen molar-refractivity contribution in [2.45, 2.75) is 25.3 Å². The molecule has 0 radical (unpaired) electrons.